The molecule has 1 N–H and O–H groups in total. The fraction of sp³-hybridized carbons (Fsp3) is 0.550. The number of nitrogens with zero attached hydrogens (tertiary/aromatic N) is 1. The van der Waals surface area contributed by atoms with Crippen LogP contribution in [-0.2, 0) is 16.0 Å². The second-order valence-corrected chi connectivity index (χ2v) is 6.56. The lowest BCUT2D eigenvalue weighted by Crippen LogP contribution is -2.56. The molecule has 0 aromatic carbocycles. The third kappa shape index (κ3) is 3.99. The molecule has 0 saturated carbocycles. The Morgan fingerprint density at radius 3 is 2.79 bits per heavy atom. The molecule has 1 aliphatic rings. The quantitative estimate of drug-likeness (QED) is 0.444. The van der Waals surface area contributed by atoms with Crippen LogP contribution in [-0.4, -0.2) is 35.0 Å². The summed E-state index contributed by atoms with van der Waals surface area (Å²) in [4.78, 5) is 17.2. The van der Waals surface area contributed by atoms with Crippen molar-refractivity contribution < 1.29 is 9.53 Å². The van der Waals surface area contributed by atoms with Gasteiger partial charge in [0.25, 0.3) is 0 Å². The summed E-state index contributed by atoms with van der Waals surface area (Å²) in [6, 6.07) is 0.718. The first-order chi connectivity index (χ1) is 11.5. The lowest BCUT2D eigenvalue weighted by molar-refractivity contribution is -0.134. The lowest BCUT2D eigenvalue weighted by Gasteiger charge is -2.48. The van der Waals surface area contributed by atoms with Gasteiger partial charge in [-0.15, -0.1) is 0 Å². The highest BCUT2D eigenvalue weighted by Crippen LogP contribution is 2.31. The predicted octanol–water partition coefficient (Wildman–Crippen LogP) is 4.08. The number of hydrogen-bond acceptors (Lipinski definition) is 3. The van der Waals surface area contributed by atoms with E-state index in [4.69, 9.17) is 4.74 Å². The Kier molecular flexibility index (Phi) is 6.44. The van der Waals surface area contributed by atoms with Crippen molar-refractivity contribution in [3.8, 4) is 0 Å². The summed E-state index contributed by atoms with van der Waals surface area (Å²) in [5.41, 5.74) is 3.20. The Balaban J connectivity index is 2.11. The van der Waals surface area contributed by atoms with E-state index in [-0.39, 0.29) is 5.97 Å². The zero-order valence-electron chi connectivity index (χ0n) is 15.4. The number of aryl methyl sites for hydroxylation is 1. The summed E-state index contributed by atoms with van der Waals surface area (Å²) >= 11 is 0. The number of ether oxygens (including phenoxy) is 1. The van der Waals surface area contributed by atoms with Crippen molar-refractivity contribution in [3.05, 3.63) is 41.7 Å². The zero-order chi connectivity index (χ0) is 17.7. The van der Waals surface area contributed by atoms with E-state index in [9.17, 15) is 4.79 Å². The molecule has 1 aromatic heterocycles. The molecule has 1 saturated heterocycles. The molecule has 2 heterocycles. The summed E-state index contributed by atoms with van der Waals surface area (Å²) in [6.45, 7) is 14.0. The molecule has 2 atom stereocenters. The molecule has 4 nitrogen and oxygen atoms in total. The predicted molar refractivity (Wildman–Crippen MR) is 98.6 cm³/mol. The number of H-pyrrole nitrogens is 1. The number of esters is 1. The van der Waals surface area contributed by atoms with Crippen molar-refractivity contribution in [2.45, 2.75) is 53.0 Å². The van der Waals surface area contributed by atoms with Gasteiger partial charge in [-0.3, -0.25) is 9.69 Å². The van der Waals surface area contributed by atoms with Crippen LogP contribution in [0.5, 0.6) is 0 Å². The third-order valence-electron chi connectivity index (χ3n) is 5.02. The van der Waals surface area contributed by atoms with Crippen molar-refractivity contribution in [1.29, 1.82) is 0 Å². The van der Waals surface area contributed by atoms with Crippen LogP contribution in [0.15, 0.2) is 24.9 Å². The number of aromatic nitrogens is 1. The molecule has 0 bridgehead atoms. The van der Waals surface area contributed by atoms with E-state index in [0.29, 0.717) is 5.76 Å². The minimum atomic E-state index is -0.311. The molecular weight excluding hydrogens is 300 g/mol. The Morgan fingerprint density at radius 1 is 1.46 bits per heavy atom. The molecule has 24 heavy (non-hydrogen) atoms. The molecule has 2 unspecified atom stereocenters. The fourth-order valence-corrected chi connectivity index (χ4v) is 3.78. The van der Waals surface area contributed by atoms with Gasteiger partial charge in [-0.05, 0) is 37.3 Å². The van der Waals surface area contributed by atoms with Crippen molar-refractivity contribution in [2.24, 2.45) is 5.92 Å². The Bertz CT molecular complexity index is 615. The number of likely N-dealkylation sites (tertiary alicyclic amines) is 1. The monoisotopic (exact) mass is 330 g/mol. The first-order valence-corrected chi connectivity index (χ1v) is 8.94. The summed E-state index contributed by atoms with van der Waals surface area (Å²) < 4.78 is 5.40. The van der Waals surface area contributed by atoms with E-state index < -0.39 is 0 Å². The number of allylic oxidation sites excluding steroid dienone is 2. The van der Waals surface area contributed by atoms with Crippen LogP contribution in [0.25, 0.3) is 5.76 Å². The van der Waals surface area contributed by atoms with Gasteiger partial charge in [-0.25, -0.2) is 0 Å². The van der Waals surface area contributed by atoms with Gasteiger partial charge in [0.2, 0.25) is 0 Å². The molecule has 1 aliphatic heterocycles. The van der Waals surface area contributed by atoms with E-state index in [1.807, 2.05) is 13.1 Å². The highest BCUT2D eigenvalue weighted by Gasteiger charge is 2.35. The van der Waals surface area contributed by atoms with Gasteiger partial charge < -0.3 is 9.72 Å². The van der Waals surface area contributed by atoms with E-state index in [1.54, 1.807) is 12.2 Å². The van der Waals surface area contributed by atoms with E-state index >= 15 is 0 Å². The Labute approximate surface area is 145 Å². The van der Waals surface area contributed by atoms with Crippen LogP contribution in [0.3, 0.4) is 0 Å². The van der Waals surface area contributed by atoms with Crippen LogP contribution >= 0.6 is 0 Å². The number of carbonyl (C=O) groups is 1. The van der Waals surface area contributed by atoms with Crippen LogP contribution in [0.4, 0.5) is 0 Å². The first-order valence-electron chi connectivity index (χ1n) is 8.94. The van der Waals surface area contributed by atoms with Gasteiger partial charge in [-0.2, -0.15) is 0 Å². The second kappa shape index (κ2) is 8.34. The highest BCUT2D eigenvalue weighted by atomic mass is 16.5. The first kappa shape index (κ1) is 18.5. The highest BCUT2D eigenvalue weighted by molar-refractivity contribution is 5.78. The maximum absolute atomic E-state index is 11.4. The molecule has 0 radical (unpaired) electrons. The van der Waals surface area contributed by atoms with Gasteiger partial charge in [0.15, 0.2) is 0 Å². The maximum atomic E-state index is 11.4. The van der Waals surface area contributed by atoms with Crippen LogP contribution in [0.1, 0.15) is 50.4 Å². The van der Waals surface area contributed by atoms with Crippen LogP contribution < -0.4 is 0 Å². The SMILES string of the molecule is C=C/C=C(/OC(C)=O)c1c(CCN2CC(CC)C2CC)c[nH]c1C. The van der Waals surface area contributed by atoms with Gasteiger partial charge >= 0.3 is 5.97 Å². The van der Waals surface area contributed by atoms with Crippen LogP contribution in [0, 0.1) is 12.8 Å². The average molecular weight is 330 g/mol. The van der Waals surface area contributed by atoms with Gasteiger partial charge in [0.1, 0.15) is 5.76 Å². The molecular formula is C20H30N2O2. The smallest absolute Gasteiger partial charge is 0.308 e. The Morgan fingerprint density at radius 2 is 2.21 bits per heavy atom. The van der Waals surface area contributed by atoms with Crippen molar-refractivity contribution in [3.63, 3.8) is 0 Å². The number of hydrogen-bond donors (Lipinski definition) is 1. The normalized spacial score (nSPS) is 21.4. The van der Waals surface area contributed by atoms with Crippen molar-refractivity contribution in [1.82, 2.24) is 9.88 Å². The standard InChI is InChI=1S/C20H30N2O2/c1-6-9-19(24-15(5)23)20-14(4)21-12-17(20)10-11-22-13-16(7-2)18(22)8-3/h6,9,12,16,18,21H,1,7-8,10-11,13H2,2-5H3/b19-9+. The van der Waals surface area contributed by atoms with E-state index in [2.05, 4.69) is 30.3 Å². The average Bonchev–Trinajstić information content (AvgIpc) is 2.87. The summed E-state index contributed by atoms with van der Waals surface area (Å²) in [6.07, 6.45) is 8.87. The van der Waals surface area contributed by atoms with E-state index in [0.717, 1.165) is 36.2 Å². The minimum absolute atomic E-state index is 0.311. The maximum Gasteiger partial charge on any atom is 0.308 e. The summed E-state index contributed by atoms with van der Waals surface area (Å²) in [5.74, 6) is 1.11. The minimum Gasteiger partial charge on any atom is -0.426 e. The molecule has 0 spiro atoms. The molecule has 1 aromatic rings. The van der Waals surface area contributed by atoms with Gasteiger partial charge in [0.05, 0.1) is 0 Å². The lowest BCUT2D eigenvalue weighted by atomic mass is 9.84. The zero-order valence-corrected chi connectivity index (χ0v) is 15.4. The molecule has 4 heteroatoms. The summed E-state index contributed by atoms with van der Waals surface area (Å²) in [5, 5.41) is 0. The Hall–Kier alpha value is -1.81. The summed E-state index contributed by atoms with van der Waals surface area (Å²) in [7, 11) is 0. The molecule has 2 rings (SSSR count). The number of rotatable bonds is 8. The van der Waals surface area contributed by atoms with Crippen molar-refractivity contribution >= 4 is 11.7 Å². The van der Waals surface area contributed by atoms with E-state index in [1.165, 1.54) is 31.9 Å². The van der Waals surface area contributed by atoms with Gasteiger partial charge in [0, 0.05) is 43.5 Å². The third-order valence-corrected chi connectivity index (χ3v) is 5.02. The number of carbonyl (C=O) groups excluding carboxylic acids is 1. The number of nitrogens with one attached hydrogen (secondary N) is 1. The number of aromatic amines is 1. The fourth-order valence-electron chi connectivity index (χ4n) is 3.78. The van der Waals surface area contributed by atoms with Crippen molar-refractivity contribution in [2.75, 3.05) is 13.1 Å². The topological polar surface area (TPSA) is 45.3 Å². The van der Waals surface area contributed by atoms with Crippen LogP contribution in [0.2, 0.25) is 0 Å². The molecule has 1 fully saturated rings. The molecule has 0 amide bonds. The second-order valence-electron chi connectivity index (χ2n) is 6.56. The molecule has 0 aliphatic carbocycles. The largest absolute Gasteiger partial charge is 0.426 e. The van der Waals surface area contributed by atoms with Gasteiger partial charge in [-0.1, -0.05) is 32.9 Å². The molecule has 132 valence electrons.